The van der Waals surface area contributed by atoms with Crippen molar-refractivity contribution in [2.45, 2.75) is 261 Å². The topological polar surface area (TPSA) is 658 Å². The third kappa shape index (κ3) is 18.1. The lowest BCUT2D eigenvalue weighted by Gasteiger charge is -2.52. The van der Waals surface area contributed by atoms with Gasteiger partial charge in [0.25, 0.3) is 0 Å². The van der Waals surface area contributed by atoms with Crippen molar-refractivity contribution < 1.29 is 193 Å². The van der Waals surface area contributed by atoms with Crippen LogP contribution in [-0.2, 0) is 85.5 Å². The first-order chi connectivity index (χ1) is 44.9. The van der Waals surface area contributed by atoms with E-state index in [2.05, 4.69) is 16.0 Å². The summed E-state index contributed by atoms with van der Waals surface area (Å²) in [5.74, 6) is -2.80. The van der Waals surface area contributed by atoms with Crippen molar-refractivity contribution >= 4 is 24.0 Å². The van der Waals surface area contributed by atoms with Gasteiger partial charge >= 0.3 is 0 Å². The molecule has 24 N–H and O–H groups in total. The fourth-order valence-corrected chi connectivity index (χ4v) is 11.7. The molecule has 3 amide bonds. The summed E-state index contributed by atoms with van der Waals surface area (Å²) >= 11 is 0. The van der Waals surface area contributed by atoms with Crippen LogP contribution in [0.25, 0.3) is 0 Å². The second kappa shape index (κ2) is 34.8. The van der Waals surface area contributed by atoms with Crippen LogP contribution in [0.15, 0.2) is 0 Å². The third-order valence-corrected chi connectivity index (χ3v) is 17.0. The van der Waals surface area contributed by atoms with E-state index in [1.165, 1.54) is 6.92 Å². The summed E-state index contributed by atoms with van der Waals surface area (Å²) in [6.07, 6.45) is -72.9. The smallest absolute Gasteiger partial charge is 0.217 e. The Morgan fingerprint density at radius 3 is 1.47 bits per heavy atom. The summed E-state index contributed by atoms with van der Waals surface area (Å²) in [5.41, 5.74) is 0. The highest BCUT2D eigenvalue weighted by atomic mass is 16.8. The normalized spacial score (nSPS) is 46.4. The minimum atomic E-state index is -2.44. The van der Waals surface area contributed by atoms with Crippen LogP contribution < -0.4 is 16.0 Å². The van der Waals surface area contributed by atoms with Crippen molar-refractivity contribution in [1.82, 2.24) is 16.0 Å². The molecule has 42 heteroatoms. The Bertz CT molecular complexity index is 2420. The van der Waals surface area contributed by atoms with Crippen molar-refractivity contribution in [2.75, 3.05) is 46.2 Å². The molecule has 38 atom stereocenters. The lowest BCUT2D eigenvalue weighted by Crippen LogP contribution is -2.71. The summed E-state index contributed by atoms with van der Waals surface area (Å²) in [7, 11) is 0. The van der Waals surface area contributed by atoms with Crippen LogP contribution in [0.1, 0.15) is 27.7 Å². The zero-order valence-corrected chi connectivity index (χ0v) is 51.2. The predicted molar refractivity (Wildman–Crippen MR) is 293 cm³/mol. The van der Waals surface area contributed by atoms with Gasteiger partial charge in [0.05, 0.1) is 52.4 Å². The molecule has 7 saturated heterocycles. The van der Waals surface area contributed by atoms with Crippen LogP contribution in [-0.4, -0.2) is 411 Å². The Morgan fingerprint density at radius 1 is 0.442 bits per heavy atom. The molecule has 7 fully saturated rings. The van der Waals surface area contributed by atoms with E-state index >= 15 is 0 Å². The first-order valence-corrected chi connectivity index (χ1v) is 30.2. The van der Waals surface area contributed by atoms with E-state index in [4.69, 9.17) is 66.3 Å². The molecule has 7 rings (SSSR count). The molecule has 0 aromatic rings. The number of nitrogens with one attached hydrogen (secondary N) is 3. The zero-order chi connectivity index (χ0) is 70.3. The van der Waals surface area contributed by atoms with Crippen LogP contribution in [0.2, 0.25) is 0 Å². The van der Waals surface area contributed by atoms with Crippen molar-refractivity contribution in [3.63, 3.8) is 0 Å². The summed E-state index contributed by atoms with van der Waals surface area (Å²) in [6.45, 7) is -3.51. The standard InChI is InChI=1S/C53H89N3O39/c1-13-27(68)35(76)40(81)51(84-13)90-41(17(5-57)54-14(2)63)42(18(66)6-58)91-48-26(56-16(4)65)34(75)43(23(10-62)88-48)92-53-46(95-50-38(79)28(69)19(67)11-82-50)44(32(73)24(89-53)12-83-49-39(80)36(77)30(71)21(8-60)86-49)93-52-45(37(78)31(72)22(9-61)87-52)94-47-25(55-15(3)64)33(74)29(70)20(7-59)85-47/h5,13,17-53,58-62,66-81H,6-12H2,1-4H3,(H,54,63)(H,55,64)(H,56,65)/t13-,17-,18+,19+,20+,21+,22+,23+,24+,25+,26+,27+,28-,29+,30+,31+,32+,33+,34+,35+,36-,37-,38+,39-,40-,41+,42+,43+,44-,45-,46-,47-,48-,49-,50-,51-,52+,53-/m0/s1. The number of ether oxygens (including phenoxy) is 14. The number of amides is 3. The number of aliphatic hydroxyl groups is 21. The van der Waals surface area contributed by atoms with E-state index in [9.17, 15) is 126 Å². The molecule has 0 saturated carbocycles. The van der Waals surface area contributed by atoms with Crippen molar-refractivity contribution in [3.05, 3.63) is 0 Å². The molecule has 0 aliphatic carbocycles. The monoisotopic (exact) mass is 1390 g/mol. The van der Waals surface area contributed by atoms with Gasteiger partial charge in [-0.3, -0.25) is 14.4 Å². The lowest BCUT2D eigenvalue weighted by molar-refractivity contribution is -0.410. The maximum atomic E-state index is 13.2. The van der Waals surface area contributed by atoms with Gasteiger partial charge in [-0.1, -0.05) is 0 Å². The molecule has 7 aliphatic heterocycles. The molecule has 95 heavy (non-hydrogen) atoms. The molecule has 550 valence electrons. The van der Waals surface area contributed by atoms with E-state index in [1.807, 2.05) is 0 Å². The fraction of sp³-hybridized carbons (Fsp3) is 0.925. The fourth-order valence-electron chi connectivity index (χ4n) is 11.7. The van der Waals surface area contributed by atoms with Crippen LogP contribution in [0.3, 0.4) is 0 Å². The molecule has 0 unspecified atom stereocenters. The van der Waals surface area contributed by atoms with E-state index in [0.717, 1.165) is 20.8 Å². The van der Waals surface area contributed by atoms with Gasteiger partial charge in [-0.2, -0.15) is 0 Å². The maximum Gasteiger partial charge on any atom is 0.217 e. The minimum Gasteiger partial charge on any atom is -0.394 e. The lowest BCUT2D eigenvalue weighted by atomic mass is 9.94. The van der Waals surface area contributed by atoms with Crippen LogP contribution in [0.4, 0.5) is 0 Å². The molecular weight excluding hydrogens is 1300 g/mol. The van der Waals surface area contributed by atoms with Gasteiger partial charge in [0, 0.05) is 20.8 Å². The highest BCUT2D eigenvalue weighted by molar-refractivity contribution is 5.77. The number of aldehydes is 1. The summed E-state index contributed by atoms with van der Waals surface area (Å²) < 4.78 is 83.4. The average molecular weight is 1390 g/mol. The Labute approximate surface area is 538 Å². The number of carbonyl (C=O) groups is 4. The highest BCUT2D eigenvalue weighted by Crippen LogP contribution is 2.39. The van der Waals surface area contributed by atoms with Crippen LogP contribution in [0.5, 0.6) is 0 Å². The number of rotatable bonds is 27. The first-order valence-electron chi connectivity index (χ1n) is 30.2. The molecule has 0 spiro atoms. The van der Waals surface area contributed by atoms with E-state index in [0.29, 0.717) is 0 Å². The summed E-state index contributed by atoms with van der Waals surface area (Å²) in [4.78, 5) is 50.9. The number of hydrogen-bond donors (Lipinski definition) is 24. The Hall–Kier alpha value is -3.32. The Morgan fingerprint density at radius 2 is 0.905 bits per heavy atom. The highest BCUT2D eigenvalue weighted by Gasteiger charge is 2.60. The number of hydrogen-bond acceptors (Lipinski definition) is 39. The molecule has 7 aliphatic rings. The summed E-state index contributed by atoms with van der Waals surface area (Å²) in [6, 6.07) is -5.80. The van der Waals surface area contributed by atoms with Gasteiger partial charge in [-0.25, -0.2) is 0 Å². The predicted octanol–water partition coefficient (Wildman–Crippen LogP) is -16.5. The first kappa shape index (κ1) is 79.0. The largest absolute Gasteiger partial charge is 0.394 e. The quantitative estimate of drug-likeness (QED) is 0.0340. The second-order valence-electron chi connectivity index (χ2n) is 23.8. The van der Waals surface area contributed by atoms with Crippen LogP contribution in [0, 0.1) is 0 Å². The van der Waals surface area contributed by atoms with Gasteiger partial charge in [-0.15, -0.1) is 0 Å². The minimum absolute atomic E-state index is 0.0566. The molecule has 42 nitrogen and oxygen atoms in total. The SMILES string of the molecule is CC(=O)N[C@H]1[C@H](O[C@@H]([C@H](O[C@@H]2O[C@@H](C)[C@@H](O)[C@@H](O)[C@@H]2O)[C@H](C=O)NC(C)=O)[C@H](O)CO)O[C@H](CO)[C@@H](O[C@@H]2O[C@H](CO[C@H]3O[C@H](CO)[C@@H](O)[C@H](O)[C@@H]3O)[C@@H](O)[C@H](O[C@H]3O[C@H](CO)[C@@H](O)[C@H](O)[C@@H]3O[C@@H]3O[C@H](CO)[C@@H](O)[C@H](O)[C@H]3NC(C)=O)[C@@H]2O[C@@H]2OC[C@@H](O)[C@H](O)[C@H]2O)[C@@H]1O. The Kier molecular flexibility index (Phi) is 29.0. The number of aliphatic hydroxyl groups excluding tert-OH is 21. The second-order valence-corrected chi connectivity index (χ2v) is 23.8. The van der Waals surface area contributed by atoms with Gasteiger partial charge in [0.15, 0.2) is 44.0 Å². The van der Waals surface area contributed by atoms with Crippen molar-refractivity contribution in [1.29, 1.82) is 0 Å². The third-order valence-electron chi connectivity index (χ3n) is 17.0. The van der Waals surface area contributed by atoms with E-state index in [-0.39, 0.29) is 6.29 Å². The maximum absolute atomic E-state index is 13.2. The zero-order valence-electron chi connectivity index (χ0n) is 51.2. The molecule has 7 heterocycles. The van der Waals surface area contributed by atoms with Crippen molar-refractivity contribution in [2.24, 2.45) is 0 Å². The van der Waals surface area contributed by atoms with Gasteiger partial charge < -0.3 is 194 Å². The van der Waals surface area contributed by atoms with E-state index < -0.39 is 297 Å². The van der Waals surface area contributed by atoms with Gasteiger partial charge in [0.2, 0.25) is 17.7 Å². The molecule has 0 radical (unpaired) electrons. The van der Waals surface area contributed by atoms with Gasteiger partial charge in [-0.05, 0) is 6.92 Å². The molecule has 0 bridgehead atoms. The number of carbonyl (C=O) groups excluding carboxylic acids is 4. The van der Waals surface area contributed by atoms with Crippen molar-refractivity contribution in [3.8, 4) is 0 Å². The molecule has 0 aromatic heterocycles. The molecule has 0 aromatic carbocycles. The summed E-state index contributed by atoms with van der Waals surface area (Å²) in [5, 5.41) is 237. The average Bonchev–Trinajstić information content (AvgIpc) is 0.770. The van der Waals surface area contributed by atoms with Crippen LogP contribution >= 0.6 is 0 Å². The van der Waals surface area contributed by atoms with Gasteiger partial charge in [0.1, 0.15) is 189 Å². The molecular formula is C53H89N3O39. The Balaban J connectivity index is 1.32. The van der Waals surface area contributed by atoms with E-state index in [1.54, 1.807) is 0 Å².